The maximum absolute atomic E-state index is 5.34. The SMILES string of the molecule is c1csc(COc2cscn2)n1. The fourth-order valence-corrected chi connectivity index (χ4v) is 1.73. The summed E-state index contributed by atoms with van der Waals surface area (Å²) in [6, 6.07) is 0. The highest BCUT2D eigenvalue weighted by atomic mass is 32.1. The van der Waals surface area contributed by atoms with Crippen molar-refractivity contribution in [1.82, 2.24) is 9.97 Å². The molecule has 0 N–H and O–H groups in total. The zero-order valence-corrected chi connectivity index (χ0v) is 7.77. The van der Waals surface area contributed by atoms with Gasteiger partial charge >= 0.3 is 0 Å². The van der Waals surface area contributed by atoms with Crippen LogP contribution in [0.25, 0.3) is 0 Å². The summed E-state index contributed by atoms with van der Waals surface area (Å²) in [6.45, 7) is 0.515. The first-order chi connectivity index (χ1) is 5.95. The predicted octanol–water partition coefficient (Wildman–Crippen LogP) is 2.18. The number of rotatable bonds is 3. The lowest BCUT2D eigenvalue weighted by molar-refractivity contribution is 0.295. The Hall–Kier alpha value is -0.940. The molecule has 0 fully saturated rings. The van der Waals surface area contributed by atoms with E-state index in [9.17, 15) is 0 Å². The molecule has 0 aliphatic carbocycles. The van der Waals surface area contributed by atoms with Crippen molar-refractivity contribution in [1.29, 1.82) is 0 Å². The average Bonchev–Trinajstić information content (AvgIpc) is 2.74. The molecule has 0 bridgehead atoms. The molecule has 0 unspecified atom stereocenters. The molecule has 3 nitrogen and oxygen atoms in total. The first-order valence-electron chi connectivity index (χ1n) is 3.34. The van der Waals surface area contributed by atoms with Crippen molar-refractivity contribution >= 4 is 22.7 Å². The summed E-state index contributed by atoms with van der Waals surface area (Å²) >= 11 is 3.11. The highest BCUT2D eigenvalue weighted by Gasteiger charge is 1.97. The van der Waals surface area contributed by atoms with Crippen LogP contribution in [0, 0.1) is 0 Å². The van der Waals surface area contributed by atoms with Crippen molar-refractivity contribution < 1.29 is 4.74 Å². The largest absolute Gasteiger partial charge is 0.470 e. The summed E-state index contributed by atoms with van der Waals surface area (Å²) in [5.74, 6) is 0.676. The third-order valence-corrected chi connectivity index (χ3v) is 2.55. The van der Waals surface area contributed by atoms with E-state index in [1.807, 2.05) is 10.8 Å². The smallest absolute Gasteiger partial charge is 0.224 e. The Labute approximate surface area is 77.7 Å². The van der Waals surface area contributed by atoms with E-state index >= 15 is 0 Å². The van der Waals surface area contributed by atoms with Crippen LogP contribution in [-0.2, 0) is 6.61 Å². The summed E-state index contributed by atoms with van der Waals surface area (Å²) in [7, 11) is 0. The third-order valence-electron chi connectivity index (χ3n) is 1.24. The molecule has 0 saturated heterocycles. The molecule has 2 rings (SSSR count). The van der Waals surface area contributed by atoms with Crippen molar-refractivity contribution in [2.45, 2.75) is 6.61 Å². The number of aromatic nitrogens is 2. The van der Waals surface area contributed by atoms with Gasteiger partial charge < -0.3 is 4.74 Å². The molecule has 5 heteroatoms. The predicted molar refractivity (Wildman–Crippen MR) is 48.6 cm³/mol. The zero-order valence-electron chi connectivity index (χ0n) is 6.14. The molecule has 0 saturated carbocycles. The van der Waals surface area contributed by atoms with Crippen molar-refractivity contribution in [3.63, 3.8) is 0 Å². The normalized spacial score (nSPS) is 10.0. The van der Waals surface area contributed by atoms with Crippen LogP contribution in [0.15, 0.2) is 22.5 Å². The molecule has 0 radical (unpaired) electrons. The first kappa shape index (κ1) is 7.70. The molecule has 12 heavy (non-hydrogen) atoms. The second-order valence-electron chi connectivity index (χ2n) is 2.04. The zero-order chi connectivity index (χ0) is 8.23. The van der Waals surface area contributed by atoms with Gasteiger partial charge in [0.05, 0.1) is 10.9 Å². The van der Waals surface area contributed by atoms with Gasteiger partial charge in [-0.3, -0.25) is 0 Å². The maximum atomic E-state index is 5.34. The molecule has 0 spiro atoms. The topological polar surface area (TPSA) is 35.0 Å². The molecule has 0 amide bonds. The Morgan fingerprint density at radius 3 is 3.08 bits per heavy atom. The van der Waals surface area contributed by atoms with E-state index in [0.717, 1.165) is 5.01 Å². The van der Waals surface area contributed by atoms with Gasteiger partial charge in [-0.25, -0.2) is 9.97 Å². The molecule has 0 aliphatic heterocycles. The minimum Gasteiger partial charge on any atom is -0.470 e. The molecule has 2 aromatic rings. The second kappa shape index (κ2) is 3.64. The molecule has 0 atom stereocenters. The number of hydrogen-bond acceptors (Lipinski definition) is 5. The summed E-state index contributed by atoms with van der Waals surface area (Å²) in [6.07, 6.45) is 1.77. The van der Waals surface area contributed by atoms with Crippen LogP contribution in [0.1, 0.15) is 5.01 Å². The summed E-state index contributed by atoms with van der Waals surface area (Å²) in [5.41, 5.74) is 1.75. The van der Waals surface area contributed by atoms with Crippen molar-refractivity contribution in [2.75, 3.05) is 0 Å². The fraction of sp³-hybridized carbons (Fsp3) is 0.143. The average molecular weight is 198 g/mol. The molecule has 0 aromatic carbocycles. The number of thiazole rings is 2. The van der Waals surface area contributed by atoms with E-state index in [1.54, 1.807) is 23.0 Å². The van der Waals surface area contributed by atoms with Crippen LogP contribution in [0.5, 0.6) is 5.88 Å². The Bertz CT molecular complexity index is 283. The standard InChI is InChI=1S/C7H6N2OS2/c1-2-12-7(8-1)3-10-6-4-11-5-9-6/h1-2,4-5H,3H2. The van der Waals surface area contributed by atoms with E-state index in [-0.39, 0.29) is 0 Å². The van der Waals surface area contributed by atoms with Gasteiger partial charge in [0.2, 0.25) is 5.88 Å². The van der Waals surface area contributed by atoms with Crippen LogP contribution < -0.4 is 4.74 Å². The van der Waals surface area contributed by atoms with Gasteiger partial charge in [0.15, 0.2) is 0 Å². The van der Waals surface area contributed by atoms with Gasteiger partial charge in [0, 0.05) is 11.6 Å². The molecule has 2 aromatic heterocycles. The van der Waals surface area contributed by atoms with Crippen LogP contribution in [0.2, 0.25) is 0 Å². The Kier molecular flexibility index (Phi) is 2.33. The van der Waals surface area contributed by atoms with E-state index < -0.39 is 0 Å². The van der Waals surface area contributed by atoms with Crippen molar-refractivity contribution in [2.24, 2.45) is 0 Å². The van der Waals surface area contributed by atoms with E-state index in [1.165, 1.54) is 11.3 Å². The van der Waals surface area contributed by atoms with Gasteiger partial charge in [0.25, 0.3) is 0 Å². The lowest BCUT2D eigenvalue weighted by Gasteiger charge is -1.97. The van der Waals surface area contributed by atoms with Crippen LogP contribution in [-0.4, -0.2) is 9.97 Å². The van der Waals surface area contributed by atoms with Gasteiger partial charge in [0.1, 0.15) is 11.6 Å². The molecule has 2 heterocycles. The van der Waals surface area contributed by atoms with Gasteiger partial charge in [-0.2, -0.15) is 0 Å². The molecular weight excluding hydrogens is 192 g/mol. The van der Waals surface area contributed by atoms with Gasteiger partial charge in [-0.15, -0.1) is 22.7 Å². The highest BCUT2D eigenvalue weighted by molar-refractivity contribution is 7.09. The van der Waals surface area contributed by atoms with E-state index in [4.69, 9.17) is 4.74 Å². The van der Waals surface area contributed by atoms with Crippen LogP contribution in [0.4, 0.5) is 0 Å². The first-order valence-corrected chi connectivity index (χ1v) is 5.17. The fourth-order valence-electron chi connectivity index (χ4n) is 0.733. The van der Waals surface area contributed by atoms with Gasteiger partial charge in [-0.1, -0.05) is 0 Å². The summed E-state index contributed by atoms with van der Waals surface area (Å²) in [5, 5.41) is 4.77. The minimum atomic E-state index is 0.515. The highest BCUT2D eigenvalue weighted by Crippen LogP contribution is 2.12. The summed E-state index contributed by atoms with van der Waals surface area (Å²) in [4.78, 5) is 8.07. The molecule has 0 aliphatic rings. The van der Waals surface area contributed by atoms with Crippen molar-refractivity contribution in [3.05, 3.63) is 27.5 Å². The maximum Gasteiger partial charge on any atom is 0.224 e. The number of hydrogen-bond donors (Lipinski definition) is 0. The lowest BCUT2D eigenvalue weighted by Crippen LogP contribution is -1.93. The Morgan fingerprint density at radius 1 is 1.42 bits per heavy atom. The van der Waals surface area contributed by atoms with Crippen molar-refractivity contribution in [3.8, 4) is 5.88 Å². The minimum absolute atomic E-state index is 0.515. The number of nitrogens with zero attached hydrogens (tertiary/aromatic N) is 2. The number of ether oxygens (including phenoxy) is 1. The Balaban J connectivity index is 1.91. The lowest BCUT2D eigenvalue weighted by atomic mass is 10.7. The summed E-state index contributed by atoms with van der Waals surface area (Å²) < 4.78 is 5.34. The molecular formula is C7H6N2OS2. The van der Waals surface area contributed by atoms with Crippen LogP contribution in [0.3, 0.4) is 0 Å². The third kappa shape index (κ3) is 1.80. The van der Waals surface area contributed by atoms with Crippen LogP contribution >= 0.6 is 22.7 Å². The Morgan fingerprint density at radius 2 is 2.42 bits per heavy atom. The van der Waals surface area contributed by atoms with E-state index in [2.05, 4.69) is 9.97 Å². The molecule has 62 valence electrons. The van der Waals surface area contributed by atoms with E-state index in [0.29, 0.717) is 12.5 Å². The second-order valence-corrected chi connectivity index (χ2v) is 3.74. The van der Waals surface area contributed by atoms with Gasteiger partial charge in [-0.05, 0) is 0 Å². The monoisotopic (exact) mass is 198 g/mol. The quantitative estimate of drug-likeness (QED) is 0.758.